The van der Waals surface area contributed by atoms with Gasteiger partial charge < -0.3 is 0 Å². The second-order valence-corrected chi connectivity index (χ2v) is 6.01. The lowest BCUT2D eigenvalue weighted by atomic mass is 9.93. The van der Waals surface area contributed by atoms with Crippen molar-refractivity contribution in [1.82, 2.24) is 0 Å². The third-order valence-electron chi connectivity index (χ3n) is 2.75. The molecule has 0 aliphatic carbocycles. The van der Waals surface area contributed by atoms with E-state index in [9.17, 15) is 47.9 Å². The van der Waals surface area contributed by atoms with Crippen LogP contribution in [0.3, 0.4) is 0 Å². The standard InChI is InChI=1S/C11H7F9O3S/c12-9(13,14)8(10(15,16)17,6-7-4-2-1-3-5-7)23-24(21,22)11(18,19)20/h1-5H,6H2. The van der Waals surface area contributed by atoms with Crippen molar-refractivity contribution in [3.63, 3.8) is 0 Å². The molecule has 0 unspecified atom stereocenters. The molecule has 0 amide bonds. The molecule has 0 spiro atoms. The number of benzene rings is 1. The van der Waals surface area contributed by atoms with Crippen molar-refractivity contribution in [1.29, 1.82) is 0 Å². The minimum Gasteiger partial charge on any atom is -0.237 e. The lowest BCUT2D eigenvalue weighted by Crippen LogP contribution is -2.62. The first-order valence-corrected chi connectivity index (χ1v) is 7.14. The smallest absolute Gasteiger partial charge is 0.237 e. The summed E-state index contributed by atoms with van der Waals surface area (Å²) >= 11 is 0. The van der Waals surface area contributed by atoms with Crippen molar-refractivity contribution in [2.24, 2.45) is 0 Å². The predicted octanol–water partition coefficient (Wildman–Crippen LogP) is 3.96. The molecule has 3 nitrogen and oxygen atoms in total. The van der Waals surface area contributed by atoms with Crippen molar-refractivity contribution >= 4 is 10.1 Å². The van der Waals surface area contributed by atoms with Gasteiger partial charge in [-0.15, -0.1) is 0 Å². The second-order valence-electron chi connectivity index (χ2n) is 4.47. The molecule has 0 aliphatic rings. The zero-order chi connectivity index (χ0) is 19.0. The van der Waals surface area contributed by atoms with Crippen LogP contribution in [0.2, 0.25) is 0 Å². The van der Waals surface area contributed by atoms with Gasteiger partial charge in [0.05, 0.1) is 0 Å². The average molecular weight is 390 g/mol. The van der Waals surface area contributed by atoms with E-state index in [2.05, 4.69) is 4.18 Å². The molecule has 0 saturated carbocycles. The van der Waals surface area contributed by atoms with Crippen LogP contribution in [0.25, 0.3) is 0 Å². The monoisotopic (exact) mass is 390 g/mol. The topological polar surface area (TPSA) is 43.4 Å². The molecule has 1 aromatic carbocycles. The van der Waals surface area contributed by atoms with Gasteiger partial charge in [0, 0.05) is 6.42 Å². The van der Waals surface area contributed by atoms with E-state index in [1.165, 1.54) is 6.07 Å². The normalized spacial score (nSPS) is 14.7. The third-order valence-corrected chi connectivity index (χ3v) is 3.82. The highest BCUT2D eigenvalue weighted by Gasteiger charge is 2.75. The first-order chi connectivity index (χ1) is 10.5. The fourth-order valence-corrected chi connectivity index (χ4v) is 2.32. The minimum atomic E-state index is -7.18. The highest BCUT2D eigenvalue weighted by atomic mass is 32.2. The largest absolute Gasteiger partial charge is 0.523 e. The summed E-state index contributed by atoms with van der Waals surface area (Å²) < 4.78 is 139. The molecule has 0 aliphatic heterocycles. The van der Waals surface area contributed by atoms with E-state index < -0.39 is 45.6 Å². The number of hydrogen-bond acceptors (Lipinski definition) is 3. The van der Waals surface area contributed by atoms with E-state index in [0.29, 0.717) is 0 Å². The Labute approximate surface area is 129 Å². The Morgan fingerprint density at radius 3 is 1.54 bits per heavy atom. The lowest BCUT2D eigenvalue weighted by Gasteiger charge is -2.36. The lowest BCUT2D eigenvalue weighted by molar-refractivity contribution is -0.357. The molecule has 0 atom stereocenters. The highest BCUT2D eigenvalue weighted by molar-refractivity contribution is 7.87. The first-order valence-electron chi connectivity index (χ1n) is 5.73. The van der Waals surface area contributed by atoms with E-state index in [4.69, 9.17) is 0 Å². The summed E-state index contributed by atoms with van der Waals surface area (Å²) in [6.07, 6.45) is -15.2. The van der Waals surface area contributed by atoms with E-state index in [-0.39, 0.29) is 0 Å². The van der Waals surface area contributed by atoms with Crippen molar-refractivity contribution in [3.8, 4) is 0 Å². The Hall–Kier alpha value is -1.50. The molecule has 138 valence electrons. The second kappa shape index (κ2) is 6.10. The quantitative estimate of drug-likeness (QED) is 0.444. The van der Waals surface area contributed by atoms with E-state index in [1.807, 2.05) is 0 Å². The molecule has 0 fully saturated rings. The van der Waals surface area contributed by atoms with Crippen LogP contribution >= 0.6 is 0 Å². The summed E-state index contributed by atoms with van der Waals surface area (Å²) in [5, 5.41) is 0. The van der Waals surface area contributed by atoms with Gasteiger partial charge in [0.25, 0.3) is 5.60 Å². The van der Waals surface area contributed by atoms with E-state index in [1.54, 1.807) is 0 Å². The van der Waals surface area contributed by atoms with Crippen molar-refractivity contribution in [2.75, 3.05) is 0 Å². The maximum Gasteiger partial charge on any atom is 0.523 e. The van der Waals surface area contributed by atoms with Crippen molar-refractivity contribution < 1.29 is 52.1 Å². The summed E-state index contributed by atoms with van der Waals surface area (Å²) in [6, 6.07) is 4.75. The molecule has 0 saturated heterocycles. The molecule has 0 aromatic heterocycles. The molecule has 0 radical (unpaired) electrons. The van der Waals surface area contributed by atoms with Gasteiger partial charge in [-0.05, 0) is 5.56 Å². The number of rotatable bonds is 4. The summed E-state index contributed by atoms with van der Waals surface area (Å²) in [5.41, 5.74) is -12.8. The first kappa shape index (κ1) is 20.5. The fraction of sp³-hybridized carbons (Fsp3) is 0.455. The molecule has 0 bridgehead atoms. The summed E-state index contributed by atoms with van der Waals surface area (Å²) in [7, 11) is -7.18. The maximum absolute atomic E-state index is 13.0. The van der Waals surface area contributed by atoms with Gasteiger partial charge in [-0.3, -0.25) is 0 Å². The summed E-state index contributed by atoms with van der Waals surface area (Å²) in [6.45, 7) is 0. The van der Waals surface area contributed by atoms with Crippen LogP contribution in [-0.4, -0.2) is 31.9 Å². The fourth-order valence-electron chi connectivity index (χ4n) is 1.60. The summed E-state index contributed by atoms with van der Waals surface area (Å²) in [5.74, 6) is 0. The van der Waals surface area contributed by atoms with Crippen molar-refractivity contribution in [2.45, 2.75) is 29.9 Å². The van der Waals surface area contributed by atoms with Gasteiger partial charge in [0.1, 0.15) is 0 Å². The molecule has 1 aromatic rings. The zero-order valence-electron chi connectivity index (χ0n) is 11.1. The van der Waals surface area contributed by atoms with Crippen LogP contribution in [-0.2, 0) is 20.7 Å². The number of alkyl halides is 9. The molecular formula is C11H7F9O3S. The van der Waals surface area contributed by atoms with Gasteiger partial charge in [0.2, 0.25) is 0 Å². The zero-order valence-corrected chi connectivity index (χ0v) is 11.9. The molecule has 1 rings (SSSR count). The molecule has 0 heterocycles. The Bertz CT molecular complexity index is 645. The molecule has 13 heteroatoms. The van der Waals surface area contributed by atoms with Gasteiger partial charge in [-0.25, -0.2) is 4.18 Å². The average Bonchev–Trinajstić information content (AvgIpc) is 2.34. The Morgan fingerprint density at radius 2 is 1.21 bits per heavy atom. The molecule has 24 heavy (non-hydrogen) atoms. The van der Waals surface area contributed by atoms with Gasteiger partial charge in [0.15, 0.2) is 0 Å². The van der Waals surface area contributed by atoms with Crippen LogP contribution in [0.5, 0.6) is 0 Å². The molecular weight excluding hydrogens is 383 g/mol. The Morgan fingerprint density at radius 1 is 0.792 bits per heavy atom. The minimum absolute atomic E-state index is 0.732. The van der Waals surface area contributed by atoms with Gasteiger partial charge in [-0.2, -0.15) is 47.9 Å². The van der Waals surface area contributed by atoms with E-state index in [0.717, 1.165) is 24.3 Å². The van der Waals surface area contributed by atoms with Crippen LogP contribution in [0, 0.1) is 0 Å². The van der Waals surface area contributed by atoms with Gasteiger partial charge >= 0.3 is 28.0 Å². The third kappa shape index (κ3) is 3.94. The van der Waals surface area contributed by atoms with Crippen LogP contribution in [0.4, 0.5) is 39.5 Å². The van der Waals surface area contributed by atoms with E-state index >= 15 is 0 Å². The molecule has 0 N–H and O–H groups in total. The van der Waals surface area contributed by atoms with Crippen molar-refractivity contribution in [3.05, 3.63) is 35.9 Å². The van der Waals surface area contributed by atoms with Crippen LogP contribution in [0.1, 0.15) is 5.56 Å². The van der Waals surface area contributed by atoms with Crippen LogP contribution in [0.15, 0.2) is 30.3 Å². The predicted molar refractivity (Wildman–Crippen MR) is 61.0 cm³/mol. The van der Waals surface area contributed by atoms with Crippen LogP contribution < -0.4 is 0 Å². The summed E-state index contributed by atoms with van der Waals surface area (Å²) in [4.78, 5) is 0. The Balaban J connectivity index is 3.56. The van der Waals surface area contributed by atoms with Gasteiger partial charge in [-0.1, -0.05) is 30.3 Å². The number of hydrogen-bond donors (Lipinski definition) is 0. The Kier molecular flexibility index (Phi) is 5.22. The maximum atomic E-state index is 13.0. The SMILES string of the molecule is O=S(=O)(OC(Cc1ccccc1)(C(F)(F)F)C(F)(F)F)C(F)(F)F. The highest BCUT2D eigenvalue weighted by Crippen LogP contribution is 2.50. The number of halogens is 9.